The maximum atomic E-state index is 12.7. The smallest absolute Gasteiger partial charge is 0.240 e. The van der Waals surface area contributed by atoms with Crippen molar-refractivity contribution in [3.8, 4) is 5.75 Å². The molecule has 1 aromatic carbocycles. The molecule has 0 bridgehead atoms. The van der Waals surface area contributed by atoms with E-state index in [4.69, 9.17) is 4.74 Å². The number of carbonyl (C=O) groups is 2. The van der Waals surface area contributed by atoms with Crippen LogP contribution in [0, 0.1) is 5.92 Å². The Labute approximate surface area is 144 Å². The summed E-state index contributed by atoms with van der Waals surface area (Å²) >= 11 is 0. The van der Waals surface area contributed by atoms with Crippen LogP contribution in [0.1, 0.15) is 45.6 Å². The van der Waals surface area contributed by atoms with Gasteiger partial charge in [-0.25, -0.2) is 0 Å². The minimum atomic E-state index is -0.287. The van der Waals surface area contributed by atoms with Gasteiger partial charge in [-0.2, -0.15) is 0 Å². The second-order valence-corrected chi connectivity index (χ2v) is 7.37. The highest BCUT2D eigenvalue weighted by molar-refractivity contribution is 5.88. The lowest BCUT2D eigenvalue weighted by atomic mass is 10.1. The molecule has 0 heterocycles. The van der Waals surface area contributed by atoms with Gasteiger partial charge in [0.15, 0.2) is 0 Å². The molecular formula is C19H28N2O3. The zero-order valence-corrected chi connectivity index (χ0v) is 15.3. The number of amides is 2. The number of hydrogen-bond donors (Lipinski definition) is 1. The molecule has 0 radical (unpaired) electrons. The fourth-order valence-electron chi connectivity index (χ4n) is 2.90. The Balaban J connectivity index is 1.93. The Morgan fingerprint density at radius 3 is 2.38 bits per heavy atom. The first-order valence-electron chi connectivity index (χ1n) is 8.49. The largest absolute Gasteiger partial charge is 0.497 e. The Morgan fingerprint density at radius 2 is 1.88 bits per heavy atom. The maximum Gasteiger partial charge on any atom is 0.240 e. The van der Waals surface area contributed by atoms with Crippen LogP contribution in [0.4, 0.5) is 0 Å². The maximum absolute atomic E-state index is 12.7. The molecule has 1 N–H and O–H groups in total. The summed E-state index contributed by atoms with van der Waals surface area (Å²) in [6.45, 7) is 8.38. The van der Waals surface area contributed by atoms with Gasteiger partial charge in [0.05, 0.1) is 13.7 Å². The lowest BCUT2D eigenvalue weighted by Crippen LogP contribution is -2.47. The van der Waals surface area contributed by atoms with Crippen LogP contribution >= 0.6 is 0 Å². The Hall–Kier alpha value is -2.04. The number of methoxy groups -OCH3 is 1. The first kappa shape index (κ1) is 18.3. The molecule has 0 spiro atoms. The second-order valence-electron chi connectivity index (χ2n) is 7.37. The van der Waals surface area contributed by atoms with Crippen LogP contribution in [0.2, 0.25) is 0 Å². The predicted molar refractivity (Wildman–Crippen MR) is 94.0 cm³/mol. The zero-order valence-electron chi connectivity index (χ0n) is 15.3. The van der Waals surface area contributed by atoms with Gasteiger partial charge in [-0.1, -0.05) is 12.1 Å². The first-order chi connectivity index (χ1) is 11.2. The monoisotopic (exact) mass is 332 g/mol. The molecule has 2 amide bonds. The molecule has 2 atom stereocenters. The number of nitrogens with one attached hydrogen (secondary N) is 1. The van der Waals surface area contributed by atoms with Gasteiger partial charge in [0.1, 0.15) is 5.75 Å². The standard InChI is InChI=1S/C19H28N2O3/c1-6-21(12-17(22)20-19(2,3)4)18(23)16-11-15(16)13-7-9-14(24-5)10-8-13/h7-10,15-16H,6,11-12H2,1-5H3,(H,20,22)/t15-,16-/m0/s1. The van der Waals surface area contributed by atoms with Crippen LogP contribution in [-0.4, -0.2) is 42.5 Å². The highest BCUT2D eigenvalue weighted by Crippen LogP contribution is 2.48. The van der Waals surface area contributed by atoms with Crippen molar-refractivity contribution in [1.82, 2.24) is 10.2 Å². The van der Waals surface area contributed by atoms with Crippen LogP contribution in [0.25, 0.3) is 0 Å². The topological polar surface area (TPSA) is 58.6 Å². The molecule has 24 heavy (non-hydrogen) atoms. The van der Waals surface area contributed by atoms with Crippen molar-refractivity contribution in [2.24, 2.45) is 5.92 Å². The quantitative estimate of drug-likeness (QED) is 0.871. The highest BCUT2D eigenvalue weighted by Gasteiger charge is 2.45. The minimum Gasteiger partial charge on any atom is -0.497 e. The molecule has 2 rings (SSSR count). The third-order valence-electron chi connectivity index (χ3n) is 4.19. The molecule has 5 nitrogen and oxygen atoms in total. The van der Waals surface area contributed by atoms with Crippen molar-refractivity contribution in [2.45, 2.75) is 45.6 Å². The van der Waals surface area contributed by atoms with Gasteiger partial charge in [-0.3, -0.25) is 9.59 Å². The van der Waals surface area contributed by atoms with E-state index < -0.39 is 0 Å². The Bertz CT molecular complexity index is 590. The summed E-state index contributed by atoms with van der Waals surface area (Å²) in [6, 6.07) is 7.87. The van der Waals surface area contributed by atoms with Crippen molar-refractivity contribution in [1.29, 1.82) is 0 Å². The van der Waals surface area contributed by atoms with Crippen molar-refractivity contribution in [3.63, 3.8) is 0 Å². The summed E-state index contributed by atoms with van der Waals surface area (Å²) in [5, 5.41) is 2.91. The first-order valence-corrected chi connectivity index (χ1v) is 8.49. The molecule has 1 saturated carbocycles. The van der Waals surface area contributed by atoms with E-state index in [0.29, 0.717) is 6.54 Å². The summed E-state index contributed by atoms with van der Waals surface area (Å²) in [4.78, 5) is 26.4. The van der Waals surface area contributed by atoms with Crippen molar-refractivity contribution < 1.29 is 14.3 Å². The molecule has 132 valence electrons. The Morgan fingerprint density at radius 1 is 1.25 bits per heavy atom. The average molecular weight is 332 g/mol. The summed E-state index contributed by atoms with van der Waals surface area (Å²) in [5.41, 5.74) is 0.870. The van der Waals surface area contributed by atoms with Gasteiger partial charge in [-0.15, -0.1) is 0 Å². The normalized spacial score (nSPS) is 19.5. The fourth-order valence-corrected chi connectivity index (χ4v) is 2.90. The SMILES string of the molecule is CCN(CC(=O)NC(C)(C)C)C(=O)[C@H]1C[C@H]1c1ccc(OC)cc1. The van der Waals surface area contributed by atoms with E-state index in [9.17, 15) is 9.59 Å². The van der Waals surface area contributed by atoms with Crippen LogP contribution in [0.5, 0.6) is 5.75 Å². The molecule has 1 fully saturated rings. The molecule has 0 aromatic heterocycles. The Kier molecular flexibility index (Phi) is 5.52. The minimum absolute atomic E-state index is 0.0132. The molecule has 1 aliphatic rings. The summed E-state index contributed by atoms with van der Waals surface area (Å²) in [6.07, 6.45) is 0.850. The fraction of sp³-hybridized carbons (Fsp3) is 0.579. The molecule has 1 aromatic rings. The van der Waals surface area contributed by atoms with Gasteiger partial charge in [-0.05, 0) is 57.7 Å². The molecule has 0 aliphatic heterocycles. The number of nitrogens with zero attached hydrogens (tertiary/aromatic N) is 1. The van der Waals surface area contributed by atoms with Gasteiger partial charge in [0.25, 0.3) is 0 Å². The van der Waals surface area contributed by atoms with E-state index in [1.165, 1.54) is 0 Å². The third kappa shape index (κ3) is 4.73. The van der Waals surface area contributed by atoms with E-state index in [1.54, 1.807) is 12.0 Å². The molecule has 1 aliphatic carbocycles. The van der Waals surface area contributed by atoms with E-state index in [-0.39, 0.29) is 35.7 Å². The van der Waals surface area contributed by atoms with Crippen LogP contribution in [-0.2, 0) is 9.59 Å². The lowest BCUT2D eigenvalue weighted by molar-refractivity contribution is -0.137. The van der Waals surface area contributed by atoms with Gasteiger partial charge < -0.3 is 15.0 Å². The van der Waals surface area contributed by atoms with E-state index in [0.717, 1.165) is 17.7 Å². The van der Waals surface area contributed by atoms with Crippen molar-refractivity contribution in [2.75, 3.05) is 20.2 Å². The predicted octanol–water partition coefficient (Wildman–Crippen LogP) is 2.56. The third-order valence-corrected chi connectivity index (χ3v) is 4.19. The molecule has 0 saturated heterocycles. The van der Waals surface area contributed by atoms with Crippen molar-refractivity contribution in [3.05, 3.63) is 29.8 Å². The number of hydrogen-bond acceptors (Lipinski definition) is 3. The lowest BCUT2D eigenvalue weighted by Gasteiger charge is -2.25. The van der Waals surface area contributed by atoms with Gasteiger partial charge in [0.2, 0.25) is 11.8 Å². The van der Waals surface area contributed by atoms with Gasteiger partial charge in [0, 0.05) is 18.0 Å². The summed E-state index contributed by atoms with van der Waals surface area (Å²) in [7, 11) is 1.64. The van der Waals surface area contributed by atoms with Crippen LogP contribution in [0.3, 0.4) is 0 Å². The number of likely N-dealkylation sites (N-methyl/N-ethyl adjacent to an activating group) is 1. The number of benzene rings is 1. The second kappa shape index (κ2) is 7.24. The highest BCUT2D eigenvalue weighted by atomic mass is 16.5. The summed E-state index contributed by atoms with van der Waals surface area (Å²) in [5.74, 6) is 1.02. The molecule has 0 unspecified atom stereocenters. The average Bonchev–Trinajstić information content (AvgIpc) is 3.31. The molecule has 5 heteroatoms. The van der Waals surface area contributed by atoms with E-state index in [1.807, 2.05) is 52.0 Å². The van der Waals surface area contributed by atoms with Crippen LogP contribution in [0.15, 0.2) is 24.3 Å². The van der Waals surface area contributed by atoms with E-state index in [2.05, 4.69) is 5.32 Å². The summed E-state index contributed by atoms with van der Waals surface area (Å²) < 4.78 is 5.16. The van der Waals surface area contributed by atoms with Gasteiger partial charge >= 0.3 is 0 Å². The number of ether oxygens (including phenoxy) is 1. The van der Waals surface area contributed by atoms with E-state index >= 15 is 0 Å². The number of rotatable bonds is 6. The molecular weight excluding hydrogens is 304 g/mol. The van der Waals surface area contributed by atoms with Crippen molar-refractivity contribution >= 4 is 11.8 Å². The zero-order chi connectivity index (χ0) is 17.9. The number of carbonyl (C=O) groups excluding carboxylic acids is 2. The van der Waals surface area contributed by atoms with Crippen LogP contribution < -0.4 is 10.1 Å².